The highest BCUT2D eigenvalue weighted by atomic mass is 32.1. The Labute approximate surface area is 162 Å². The van der Waals surface area contributed by atoms with E-state index >= 15 is 0 Å². The molecule has 0 atom stereocenters. The standard InChI is InChI=1S/C19H20N4O3S/c1-13-21-22-19(27)23(13)20-11-14-4-6-16(7-5-14)26-12-15-10-17(24-2)8-9-18(15)25-3/h4-11H,12H2,1-3H3,(H,22,27)/b20-11-. The predicted molar refractivity (Wildman–Crippen MR) is 105 cm³/mol. The number of methoxy groups -OCH3 is 2. The van der Waals surface area contributed by atoms with Gasteiger partial charge in [0.15, 0.2) is 0 Å². The highest BCUT2D eigenvalue weighted by Gasteiger charge is 2.06. The van der Waals surface area contributed by atoms with Crippen LogP contribution in [0.4, 0.5) is 0 Å². The quantitative estimate of drug-likeness (QED) is 0.496. The lowest BCUT2D eigenvalue weighted by Gasteiger charge is -2.12. The van der Waals surface area contributed by atoms with Crippen LogP contribution >= 0.6 is 12.2 Å². The van der Waals surface area contributed by atoms with Gasteiger partial charge in [-0.05, 0) is 67.2 Å². The number of hydrogen-bond acceptors (Lipinski definition) is 6. The van der Waals surface area contributed by atoms with Crippen molar-refractivity contribution < 1.29 is 14.2 Å². The van der Waals surface area contributed by atoms with Crippen LogP contribution in [0.3, 0.4) is 0 Å². The second-order valence-corrected chi connectivity index (χ2v) is 6.05. The Kier molecular flexibility index (Phi) is 5.87. The van der Waals surface area contributed by atoms with Gasteiger partial charge in [-0.15, -0.1) is 0 Å². The van der Waals surface area contributed by atoms with E-state index in [1.807, 2.05) is 49.4 Å². The minimum atomic E-state index is 0.372. The van der Waals surface area contributed by atoms with Gasteiger partial charge >= 0.3 is 0 Å². The van der Waals surface area contributed by atoms with Crippen LogP contribution in [-0.2, 0) is 6.61 Å². The molecule has 2 aromatic carbocycles. The van der Waals surface area contributed by atoms with E-state index in [0.717, 1.165) is 28.4 Å². The van der Waals surface area contributed by atoms with E-state index < -0.39 is 0 Å². The summed E-state index contributed by atoms with van der Waals surface area (Å²) < 4.78 is 18.5. The van der Waals surface area contributed by atoms with Gasteiger partial charge in [0.05, 0.1) is 20.4 Å². The highest BCUT2D eigenvalue weighted by molar-refractivity contribution is 7.71. The summed E-state index contributed by atoms with van der Waals surface area (Å²) in [7, 11) is 3.26. The minimum Gasteiger partial charge on any atom is -0.497 e. The van der Waals surface area contributed by atoms with Crippen molar-refractivity contribution in [3.8, 4) is 17.2 Å². The first-order valence-corrected chi connectivity index (χ1v) is 8.63. The second-order valence-electron chi connectivity index (χ2n) is 5.67. The highest BCUT2D eigenvalue weighted by Crippen LogP contribution is 2.25. The summed E-state index contributed by atoms with van der Waals surface area (Å²) in [6.45, 7) is 2.20. The lowest BCUT2D eigenvalue weighted by atomic mass is 10.2. The maximum Gasteiger partial charge on any atom is 0.216 e. The van der Waals surface area contributed by atoms with Crippen molar-refractivity contribution in [2.75, 3.05) is 14.2 Å². The van der Waals surface area contributed by atoms with E-state index in [9.17, 15) is 0 Å². The molecule has 27 heavy (non-hydrogen) atoms. The van der Waals surface area contributed by atoms with Crippen LogP contribution < -0.4 is 14.2 Å². The third-order valence-electron chi connectivity index (χ3n) is 3.90. The van der Waals surface area contributed by atoms with Gasteiger partial charge in [0.2, 0.25) is 4.77 Å². The molecule has 0 bridgehead atoms. The van der Waals surface area contributed by atoms with E-state index in [1.54, 1.807) is 25.1 Å². The zero-order valence-corrected chi connectivity index (χ0v) is 16.1. The molecule has 140 valence electrons. The van der Waals surface area contributed by atoms with Crippen molar-refractivity contribution in [1.82, 2.24) is 14.9 Å². The molecule has 0 saturated heterocycles. The molecule has 1 N–H and O–H groups in total. The van der Waals surface area contributed by atoms with Gasteiger partial charge in [-0.1, -0.05) is 0 Å². The normalized spacial score (nSPS) is 10.9. The van der Waals surface area contributed by atoms with Crippen molar-refractivity contribution >= 4 is 18.4 Å². The molecular formula is C19H20N4O3S. The third kappa shape index (κ3) is 4.53. The van der Waals surface area contributed by atoms with Crippen LogP contribution in [0.25, 0.3) is 0 Å². The van der Waals surface area contributed by atoms with Gasteiger partial charge in [-0.2, -0.15) is 14.9 Å². The van der Waals surface area contributed by atoms with Crippen molar-refractivity contribution in [2.45, 2.75) is 13.5 Å². The molecule has 0 amide bonds. The molecule has 8 heteroatoms. The molecule has 0 aliphatic carbocycles. The maximum absolute atomic E-state index is 5.86. The smallest absolute Gasteiger partial charge is 0.216 e. The molecule has 0 unspecified atom stereocenters. The molecule has 0 aliphatic heterocycles. The number of rotatable bonds is 7. The number of nitrogens with one attached hydrogen (secondary N) is 1. The Bertz CT molecular complexity index is 993. The number of benzene rings is 2. The van der Waals surface area contributed by atoms with Crippen molar-refractivity contribution in [3.05, 3.63) is 64.2 Å². The van der Waals surface area contributed by atoms with Gasteiger partial charge in [0.1, 0.15) is 29.7 Å². The average Bonchev–Trinajstić information content (AvgIpc) is 3.02. The fraction of sp³-hybridized carbons (Fsp3) is 0.211. The first-order valence-electron chi connectivity index (χ1n) is 8.23. The van der Waals surface area contributed by atoms with Gasteiger partial charge in [-0.3, -0.25) is 5.10 Å². The molecule has 3 rings (SSSR count). The van der Waals surface area contributed by atoms with E-state index in [1.165, 1.54) is 0 Å². The third-order valence-corrected chi connectivity index (χ3v) is 4.16. The van der Waals surface area contributed by atoms with Crippen molar-refractivity contribution in [3.63, 3.8) is 0 Å². The largest absolute Gasteiger partial charge is 0.497 e. The zero-order valence-electron chi connectivity index (χ0n) is 15.3. The van der Waals surface area contributed by atoms with Gasteiger partial charge < -0.3 is 14.2 Å². The molecule has 1 heterocycles. The van der Waals surface area contributed by atoms with Gasteiger partial charge in [0.25, 0.3) is 0 Å². The van der Waals surface area contributed by atoms with Crippen LogP contribution in [0, 0.1) is 11.7 Å². The number of ether oxygens (including phenoxy) is 3. The van der Waals surface area contributed by atoms with Gasteiger partial charge in [-0.25, -0.2) is 0 Å². The molecular weight excluding hydrogens is 364 g/mol. The minimum absolute atomic E-state index is 0.372. The van der Waals surface area contributed by atoms with E-state index in [-0.39, 0.29) is 0 Å². The lowest BCUT2D eigenvalue weighted by Crippen LogP contribution is -2.00. The topological polar surface area (TPSA) is 73.7 Å². The number of aromatic amines is 1. The Morgan fingerprint density at radius 2 is 1.85 bits per heavy atom. The molecule has 0 aliphatic rings. The number of H-pyrrole nitrogens is 1. The van der Waals surface area contributed by atoms with Crippen LogP contribution in [0.2, 0.25) is 0 Å². The zero-order chi connectivity index (χ0) is 19.2. The molecule has 0 fully saturated rings. The van der Waals surface area contributed by atoms with Crippen molar-refractivity contribution in [2.24, 2.45) is 5.10 Å². The fourth-order valence-electron chi connectivity index (χ4n) is 2.44. The Balaban J connectivity index is 1.67. The van der Waals surface area contributed by atoms with E-state index in [0.29, 0.717) is 17.2 Å². The Morgan fingerprint density at radius 3 is 2.48 bits per heavy atom. The molecule has 7 nitrogen and oxygen atoms in total. The van der Waals surface area contributed by atoms with Crippen molar-refractivity contribution in [1.29, 1.82) is 0 Å². The molecule has 1 aromatic heterocycles. The van der Waals surface area contributed by atoms with E-state index in [4.69, 9.17) is 26.4 Å². The SMILES string of the molecule is COc1ccc(OC)c(COc2ccc(/C=N\n3c(C)n[nH]c3=S)cc2)c1. The lowest BCUT2D eigenvalue weighted by molar-refractivity contribution is 0.295. The first-order chi connectivity index (χ1) is 13.1. The summed E-state index contributed by atoms with van der Waals surface area (Å²) in [5.74, 6) is 2.96. The van der Waals surface area contributed by atoms with Gasteiger partial charge in [0, 0.05) is 5.56 Å². The Hall–Kier alpha value is -3.13. The summed E-state index contributed by atoms with van der Waals surface area (Å²) in [5.41, 5.74) is 1.83. The number of hydrogen-bond donors (Lipinski definition) is 1. The van der Waals surface area contributed by atoms with E-state index in [2.05, 4.69) is 15.3 Å². The summed E-state index contributed by atoms with van der Waals surface area (Å²) in [5, 5.41) is 11.0. The summed E-state index contributed by atoms with van der Waals surface area (Å²) in [6, 6.07) is 13.2. The van der Waals surface area contributed by atoms with Crippen LogP contribution in [0.5, 0.6) is 17.2 Å². The number of nitrogens with zero attached hydrogens (tertiary/aromatic N) is 3. The molecule has 0 spiro atoms. The average molecular weight is 384 g/mol. The number of aromatic nitrogens is 3. The van der Waals surface area contributed by atoms with Crippen LogP contribution in [-0.4, -0.2) is 35.3 Å². The Morgan fingerprint density at radius 1 is 1.11 bits per heavy atom. The molecule has 0 saturated carbocycles. The monoisotopic (exact) mass is 384 g/mol. The first kappa shape index (κ1) is 18.7. The molecule has 0 radical (unpaired) electrons. The summed E-state index contributed by atoms with van der Waals surface area (Å²) in [6.07, 6.45) is 1.72. The van der Waals surface area contributed by atoms with Crippen LogP contribution in [0.15, 0.2) is 47.6 Å². The maximum atomic E-state index is 5.86. The summed E-state index contributed by atoms with van der Waals surface area (Å²) in [4.78, 5) is 0. The molecule has 3 aromatic rings. The second kappa shape index (κ2) is 8.50. The summed E-state index contributed by atoms with van der Waals surface area (Å²) >= 11 is 5.12. The fourth-order valence-corrected chi connectivity index (χ4v) is 2.66. The predicted octanol–water partition coefficient (Wildman–Crippen LogP) is 3.73. The number of aryl methyl sites for hydroxylation is 1. The van der Waals surface area contributed by atoms with Crippen LogP contribution in [0.1, 0.15) is 17.0 Å².